The van der Waals surface area contributed by atoms with Gasteiger partial charge in [-0.3, -0.25) is 4.79 Å². The largest absolute Gasteiger partial charge is 0.464 e. The number of carbonyl (C=O) groups is 2. The number of amides is 2. The van der Waals surface area contributed by atoms with Crippen LogP contribution in [0.3, 0.4) is 0 Å². The van der Waals surface area contributed by atoms with Crippen LogP contribution >= 0.6 is 0 Å². The summed E-state index contributed by atoms with van der Waals surface area (Å²) < 4.78 is 17.9. The lowest BCUT2D eigenvalue weighted by Gasteiger charge is -2.37. The molecular weight excluding hydrogens is 456 g/mol. The summed E-state index contributed by atoms with van der Waals surface area (Å²) >= 11 is 0. The van der Waals surface area contributed by atoms with Gasteiger partial charge in [-0.15, -0.1) is 0 Å². The molecule has 3 fully saturated rings. The minimum Gasteiger partial charge on any atom is -0.464 e. The molecule has 7 heteroatoms. The first kappa shape index (κ1) is 23.3. The minimum absolute atomic E-state index is 0.112. The van der Waals surface area contributed by atoms with Gasteiger partial charge in [0, 0.05) is 48.6 Å². The van der Waals surface area contributed by atoms with Gasteiger partial charge in [0.05, 0.1) is 13.2 Å². The van der Waals surface area contributed by atoms with Crippen molar-refractivity contribution in [2.75, 3.05) is 32.8 Å². The van der Waals surface area contributed by atoms with Crippen LogP contribution < -0.4 is 4.74 Å². The van der Waals surface area contributed by atoms with Crippen molar-refractivity contribution in [3.05, 3.63) is 53.6 Å². The van der Waals surface area contributed by atoms with E-state index in [-0.39, 0.29) is 29.6 Å². The van der Waals surface area contributed by atoms with Gasteiger partial charge in [-0.1, -0.05) is 25.1 Å². The molecule has 2 amide bonds. The number of piperidine rings is 1. The zero-order chi connectivity index (χ0) is 24.7. The quantitative estimate of drug-likeness (QED) is 0.585. The van der Waals surface area contributed by atoms with Crippen LogP contribution in [0.2, 0.25) is 0 Å². The summed E-state index contributed by atoms with van der Waals surface area (Å²) in [7, 11) is 0. The van der Waals surface area contributed by atoms with Gasteiger partial charge in [0.25, 0.3) is 5.91 Å². The van der Waals surface area contributed by atoms with Crippen molar-refractivity contribution in [2.45, 2.75) is 51.9 Å². The molecule has 1 unspecified atom stereocenters. The normalized spacial score (nSPS) is 22.8. The lowest BCUT2D eigenvalue weighted by atomic mass is 9.95. The van der Waals surface area contributed by atoms with Crippen molar-refractivity contribution >= 4 is 12.0 Å². The Kier molecular flexibility index (Phi) is 6.12. The van der Waals surface area contributed by atoms with Gasteiger partial charge >= 0.3 is 6.09 Å². The fourth-order valence-corrected chi connectivity index (χ4v) is 5.10. The molecule has 0 bridgehead atoms. The number of hydrogen-bond acceptors (Lipinski definition) is 5. The molecular formula is C29H34N2O5. The van der Waals surface area contributed by atoms with E-state index in [9.17, 15) is 9.59 Å². The molecule has 1 atom stereocenters. The van der Waals surface area contributed by atoms with Gasteiger partial charge in [-0.05, 0) is 67.5 Å². The first-order chi connectivity index (χ1) is 17.5. The van der Waals surface area contributed by atoms with Gasteiger partial charge in [0.1, 0.15) is 5.75 Å². The van der Waals surface area contributed by atoms with Gasteiger partial charge < -0.3 is 24.0 Å². The van der Waals surface area contributed by atoms with Gasteiger partial charge in [0.2, 0.25) is 6.29 Å². The Morgan fingerprint density at radius 2 is 1.69 bits per heavy atom. The van der Waals surface area contributed by atoms with Crippen molar-refractivity contribution in [1.82, 2.24) is 9.80 Å². The fourth-order valence-electron chi connectivity index (χ4n) is 5.10. The molecule has 3 heterocycles. The maximum atomic E-state index is 12.4. The second-order valence-corrected chi connectivity index (χ2v) is 11.0. The lowest BCUT2D eigenvalue weighted by Crippen LogP contribution is -2.44. The molecule has 1 aliphatic carbocycles. The summed E-state index contributed by atoms with van der Waals surface area (Å²) in [5, 5.41) is 0. The molecule has 6 rings (SSSR count). The van der Waals surface area contributed by atoms with Crippen LogP contribution in [0.25, 0.3) is 11.1 Å². The number of nitrogens with zero attached hydrogens (tertiary/aromatic N) is 2. The van der Waals surface area contributed by atoms with E-state index in [1.54, 1.807) is 0 Å². The van der Waals surface area contributed by atoms with Crippen molar-refractivity contribution in [3.8, 4) is 16.9 Å². The smallest absolute Gasteiger partial charge is 0.409 e. The maximum Gasteiger partial charge on any atom is 0.409 e. The van der Waals surface area contributed by atoms with Crippen molar-refractivity contribution in [1.29, 1.82) is 0 Å². The van der Waals surface area contributed by atoms with Crippen molar-refractivity contribution in [2.24, 2.45) is 11.3 Å². The summed E-state index contributed by atoms with van der Waals surface area (Å²) in [4.78, 5) is 28.5. The van der Waals surface area contributed by atoms with E-state index < -0.39 is 0 Å². The van der Waals surface area contributed by atoms with Gasteiger partial charge in [0.15, 0.2) is 0 Å². The topological polar surface area (TPSA) is 68.3 Å². The number of fused-ring (bicyclic) bond motifs is 1. The van der Waals surface area contributed by atoms with Crippen LogP contribution in [-0.2, 0) is 16.1 Å². The van der Waals surface area contributed by atoms with E-state index in [1.165, 1.54) is 0 Å². The maximum absolute atomic E-state index is 12.4. The van der Waals surface area contributed by atoms with Crippen LogP contribution in [0.4, 0.5) is 4.79 Å². The summed E-state index contributed by atoms with van der Waals surface area (Å²) in [6, 6.07) is 14.0. The second kappa shape index (κ2) is 9.43. The number of rotatable bonds is 5. The highest BCUT2D eigenvalue weighted by atomic mass is 16.7. The van der Waals surface area contributed by atoms with E-state index in [2.05, 4.69) is 19.1 Å². The monoisotopic (exact) mass is 490 g/mol. The van der Waals surface area contributed by atoms with Crippen LogP contribution in [-0.4, -0.2) is 60.9 Å². The standard InChI is InChI=1S/C29H34N2O5/c1-29(11-12-29)19-35-28(33)31-15-9-22(10-16-31)27-34-18-24-17-23(7-8-25(24)36-27)20-3-5-21(6-4-20)26(32)30-13-2-14-30/h3-8,17,22,27H,2,9-16,18-19H2,1H3. The third kappa shape index (κ3) is 4.81. The molecule has 3 aliphatic heterocycles. The highest BCUT2D eigenvalue weighted by Gasteiger charge is 2.39. The molecule has 1 saturated carbocycles. The molecule has 190 valence electrons. The van der Waals surface area contributed by atoms with Crippen LogP contribution in [0.1, 0.15) is 54.9 Å². The average Bonchev–Trinajstić information content (AvgIpc) is 3.63. The fraction of sp³-hybridized carbons (Fsp3) is 0.517. The number of benzene rings is 2. The predicted octanol–water partition coefficient (Wildman–Crippen LogP) is 5.08. The molecule has 2 aromatic rings. The lowest BCUT2D eigenvalue weighted by molar-refractivity contribution is -0.148. The molecule has 2 aromatic carbocycles. The average molecular weight is 491 g/mol. The Balaban J connectivity index is 1.03. The molecule has 0 radical (unpaired) electrons. The Morgan fingerprint density at radius 1 is 0.972 bits per heavy atom. The van der Waals surface area contributed by atoms with Crippen LogP contribution in [0, 0.1) is 11.3 Å². The third-order valence-corrected chi connectivity index (χ3v) is 8.15. The van der Waals surface area contributed by atoms with E-state index in [0.717, 1.165) is 73.2 Å². The first-order valence-corrected chi connectivity index (χ1v) is 13.2. The highest BCUT2D eigenvalue weighted by Crippen LogP contribution is 2.45. The van der Waals surface area contributed by atoms with E-state index in [4.69, 9.17) is 14.2 Å². The molecule has 4 aliphatic rings. The number of carbonyl (C=O) groups excluding carboxylic acids is 2. The van der Waals surface area contributed by atoms with E-state index in [1.807, 2.05) is 40.1 Å². The first-order valence-electron chi connectivity index (χ1n) is 13.2. The van der Waals surface area contributed by atoms with Crippen molar-refractivity contribution < 1.29 is 23.8 Å². The molecule has 0 aromatic heterocycles. The Labute approximate surface area is 212 Å². The third-order valence-electron chi connectivity index (χ3n) is 8.15. The summed E-state index contributed by atoms with van der Waals surface area (Å²) in [6.45, 7) is 6.25. The van der Waals surface area contributed by atoms with E-state index >= 15 is 0 Å². The number of hydrogen-bond donors (Lipinski definition) is 0. The predicted molar refractivity (Wildman–Crippen MR) is 135 cm³/mol. The molecule has 7 nitrogen and oxygen atoms in total. The van der Waals surface area contributed by atoms with E-state index in [0.29, 0.717) is 26.3 Å². The second-order valence-electron chi connectivity index (χ2n) is 11.0. The Hall–Kier alpha value is -3.06. The number of likely N-dealkylation sites (tertiary alicyclic amines) is 2. The summed E-state index contributed by atoms with van der Waals surface area (Å²) in [5.74, 6) is 1.22. The van der Waals surface area contributed by atoms with Crippen molar-refractivity contribution in [3.63, 3.8) is 0 Å². The molecule has 36 heavy (non-hydrogen) atoms. The molecule has 2 saturated heterocycles. The molecule has 0 N–H and O–H groups in total. The summed E-state index contributed by atoms with van der Waals surface area (Å²) in [6.07, 6.45) is 4.58. The number of ether oxygens (including phenoxy) is 3. The minimum atomic E-state index is -0.293. The van der Waals surface area contributed by atoms with Crippen LogP contribution in [0.5, 0.6) is 5.75 Å². The van der Waals surface area contributed by atoms with Gasteiger partial charge in [-0.2, -0.15) is 0 Å². The summed E-state index contributed by atoms with van der Waals surface area (Å²) in [5.41, 5.74) is 4.12. The highest BCUT2D eigenvalue weighted by molar-refractivity contribution is 5.95. The Morgan fingerprint density at radius 3 is 2.36 bits per heavy atom. The van der Waals surface area contributed by atoms with Crippen LogP contribution in [0.15, 0.2) is 42.5 Å². The zero-order valence-corrected chi connectivity index (χ0v) is 20.9. The molecule has 0 spiro atoms. The SMILES string of the molecule is CC1(COC(=O)N2CCC(C3OCc4cc(-c5ccc(C(=O)N6CCC6)cc5)ccc4O3)CC2)CC1. The van der Waals surface area contributed by atoms with Gasteiger partial charge in [-0.25, -0.2) is 4.79 Å². The Bertz CT molecular complexity index is 1130. The zero-order valence-electron chi connectivity index (χ0n) is 20.9.